The predicted molar refractivity (Wildman–Crippen MR) is 117 cm³/mol. The molecule has 1 aromatic carbocycles. The quantitative estimate of drug-likeness (QED) is 0.436. The number of ether oxygens (including phenoxy) is 2. The van der Waals surface area contributed by atoms with Crippen LogP contribution >= 0.6 is 23.1 Å². The smallest absolute Gasteiger partial charge is 0.339 e. The zero-order valence-corrected chi connectivity index (χ0v) is 19.1. The Morgan fingerprint density at radius 2 is 1.97 bits per heavy atom. The van der Waals surface area contributed by atoms with Crippen LogP contribution in [0.1, 0.15) is 41.3 Å². The van der Waals surface area contributed by atoms with E-state index in [1.165, 1.54) is 18.9 Å². The zero-order chi connectivity index (χ0) is 22.1. The van der Waals surface area contributed by atoms with E-state index in [1.807, 2.05) is 38.3 Å². The predicted octanol–water partition coefficient (Wildman–Crippen LogP) is 3.60. The lowest BCUT2D eigenvalue weighted by molar-refractivity contribution is -0.145. The number of esters is 2. The Balaban J connectivity index is 1.93. The van der Waals surface area contributed by atoms with Gasteiger partial charge in [-0.3, -0.25) is 4.79 Å². The maximum Gasteiger partial charge on any atom is 0.339 e. The third-order valence-corrected chi connectivity index (χ3v) is 5.94. The molecule has 1 heterocycles. The molecular formula is C21H26N2O5S2. The summed E-state index contributed by atoms with van der Waals surface area (Å²) < 4.78 is 9.90. The summed E-state index contributed by atoms with van der Waals surface area (Å²) in [5.74, 6) is -0.862. The second kappa shape index (κ2) is 11.7. The monoisotopic (exact) mass is 450 g/mol. The van der Waals surface area contributed by atoms with Crippen molar-refractivity contribution in [1.82, 2.24) is 10.3 Å². The van der Waals surface area contributed by atoms with Crippen molar-refractivity contribution in [1.29, 1.82) is 0 Å². The first-order valence-corrected chi connectivity index (χ1v) is 11.3. The third kappa shape index (κ3) is 7.46. The van der Waals surface area contributed by atoms with Crippen LogP contribution in [0.2, 0.25) is 0 Å². The number of amides is 1. The molecule has 0 bridgehead atoms. The second-order valence-corrected chi connectivity index (χ2v) is 9.07. The molecule has 0 saturated heterocycles. The van der Waals surface area contributed by atoms with Crippen LogP contribution in [0.5, 0.6) is 0 Å². The molecule has 0 aliphatic carbocycles. The minimum atomic E-state index is -0.773. The average Bonchev–Trinajstić information content (AvgIpc) is 3.14. The van der Waals surface area contributed by atoms with E-state index in [0.29, 0.717) is 17.7 Å². The highest BCUT2D eigenvalue weighted by Crippen LogP contribution is 2.27. The normalized spacial score (nSPS) is 11.8. The van der Waals surface area contributed by atoms with Gasteiger partial charge in [-0.15, -0.1) is 23.1 Å². The summed E-state index contributed by atoms with van der Waals surface area (Å²) in [5, 5.41) is 5.55. The Labute approximate surface area is 184 Å². The summed E-state index contributed by atoms with van der Waals surface area (Å²) in [6.45, 7) is 5.34. The van der Waals surface area contributed by atoms with Crippen LogP contribution in [0, 0.1) is 12.8 Å². The van der Waals surface area contributed by atoms with E-state index in [-0.39, 0.29) is 5.92 Å². The number of hydrogen-bond donors (Lipinski definition) is 1. The van der Waals surface area contributed by atoms with Gasteiger partial charge in [0.15, 0.2) is 6.61 Å². The fraction of sp³-hybridized carbons (Fsp3) is 0.429. The lowest BCUT2D eigenvalue weighted by Crippen LogP contribution is -2.44. The van der Waals surface area contributed by atoms with Crippen molar-refractivity contribution in [3.63, 3.8) is 0 Å². The van der Waals surface area contributed by atoms with Crippen LogP contribution in [-0.4, -0.2) is 42.6 Å². The minimum absolute atomic E-state index is 0.183. The van der Waals surface area contributed by atoms with Crippen molar-refractivity contribution in [2.75, 3.05) is 13.7 Å². The molecule has 0 aliphatic rings. The van der Waals surface area contributed by atoms with Gasteiger partial charge in [0.1, 0.15) is 6.04 Å². The number of carbonyl (C=O) groups is 3. The number of thiazole rings is 1. The first-order valence-electron chi connectivity index (χ1n) is 9.47. The van der Waals surface area contributed by atoms with Crippen molar-refractivity contribution in [3.05, 3.63) is 45.9 Å². The number of methoxy groups -OCH3 is 1. The maximum atomic E-state index is 12.5. The molecule has 1 atom stereocenters. The molecule has 0 radical (unpaired) electrons. The van der Waals surface area contributed by atoms with E-state index >= 15 is 0 Å². The van der Waals surface area contributed by atoms with Crippen LogP contribution < -0.4 is 5.32 Å². The fourth-order valence-electron chi connectivity index (χ4n) is 2.66. The topological polar surface area (TPSA) is 94.6 Å². The van der Waals surface area contributed by atoms with E-state index in [1.54, 1.807) is 23.5 Å². The molecule has 1 unspecified atom stereocenters. The molecule has 0 spiro atoms. The van der Waals surface area contributed by atoms with Gasteiger partial charge in [0.2, 0.25) is 0 Å². The van der Waals surface area contributed by atoms with Crippen LogP contribution in [0.3, 0.4) is 0 Å². The molecular weight excluding hydrogens is 424 g/mol. The molecule has 7 nitrogen and oxygen atoms in total. The van der Waals surface area contributed by atoms with Gasteiger partial charge in [-0.05, 0) is 31.4 Å². The van der Waals surface area contributed by atoms with Gasteiger partial charge < -0.3 is 14.8 Å². The number of hydrogen-bond acceptors (Lipinski definition) is 8. The number of carbonyl (C=O) groups excluding carboxylic acids is 3. The number of thioether (sulfide) groups is 1. The minimum Gasteiger partial charge on any atom is -0.467 e. The van der Waals surface area contributed by atoms with E-state index in [2.05, 4.69) is 10.3 Å². The summed E-state index contributed by atoms with van der Waals surface area (Å²) in [4.78, 5) is 41.7. The van der Waals surface area contributed by atoms with Gasteiger partial charge in [-0.1, -0.05) is 26.0 Å². The van der Waals surface area contributed by atoms with Crippen LogP contribution in [0.4, 0.5) is 0 Å². The number of aromatic nitrogens is 1. The lowest BCUT2D eigenvalue weighted by atomic mass is 10.0. The van der Waals surface area contributed by atoms with E-state index in [9.17, 15) is 14.4 Å². The van der Waals surface area contributed by atoms with Crippen molar-refractivity contribution < 1.29 is 23.9 Å². The number of nitrogens with zero attached hydrogens (tertiary/aromatic N) is 1. The molecule has 0 saturated carbocycles. The number of rotatable bonds is 10. The van der Waals surface area contributed by atoms with Gasteiger partial charge in [0, 0.05) is 16.0 Å². The van der Waals surface area contributed by atoms with Gasteiger partial charge in [-0.25, -0.2) is 14.6 Å². The molecule has 30 heavy (non-hydrogen) atoms. The summed E-state index contributed by atoms with van der Waals surface area (Å²) in [6.07, 6.45) is 0.432. The van der Waals surface area contributed by atoms with Gasteiger partial charge >= 0.3 is 11.9 Å². The molecule has 1 amide bonds. The molecule has 2 aromatic rings. The summed E-state index contributed by atoms with van der Waals surface area (Å²) in [6, 6.07) is 6.29. The molecule has 0 fully saturated rings. The van der Waals surface area contributed by atoms with Crippen molar-refractivity contribution in [2.24, 2.45) is 5.92 Å². The number of benzene rings is 1. The Hall–Kier alpha value is -2.39. The first kappa shape index (κ1) is 23.9. The van der Waals surface area contributed by atoms with Gasteiger partial charge in [0.25, 0.3) is 5.91 Å². The molecule has 0 aliphatic heterocycles. The zero-order valence-electron chi connectivity index (χ0n) is 17.5. The SMILES string of the molecule is COC(=O)C(CC(C)C)NC(=O)COC(=O)c1ccccc1SCc1csc(C)n1. The highest BCUT2D eigenvalue weighted by atomic mass is 32.2. The van der Waals surface area contributed by atoms with Crippen LogP contribution in [-0.2, 0) is 24.8 Å². The van der Waals surface area contributed by atoms with E-state index < -0.39 is 30.5 Å². The third-order valence-electron chi connectivity index (χ3n) is 4.01. The largest absolute Gasteiger partial charge is 0.467 e. The Kier molecular flexibility index (Phi) is 9.32. The molecule has 162 valence electrons. The Bertz CT molecular complexity index is 882. The molecule has 1 N–H and O–H groups in total. The first-order chi connectivity index (χ1) is 14.3. The van der Waals surface area contributed by atoms with Crippen LogP contribution in [0.15, 0.2) is 34.5 Å². The summed E-state index contributed by atoms with van der Waals surface area (Å²) in [5.41, 5.74) is 1.33. The highest BCUT2D eigenvalue weighted by molar-refractivity contribution is 7.98. The van der Waals surface area contributed by atoms with Crippen molar-refractivity contribution in [2.45, 2.75) is 43.9 Å². The van der Waals surface area contributed by atoms with E-state index in [4.69, 9.17) is 9.47 Å². The molecule has 2 rings (SSSR count). The lowest BCUT2D eigenvalue weighted by Gasteiger charge is -2.18. The standard InChI is InChI=1S/C21H26N2O5S2/c1-13(2)9-17(21(26)27-4)23-19(24)10-28-20(25)16-7-5-6-8-18(16)30-12-15-11-29-14(3)22-15/h5-8,11,13,17H,9-10,12H2,1-4H3,(H,23,24). The fourth-order valence-corrected chi connectivity index (χ4v) is 4.31. The second-order valence-electron chi connectivity index (χ2n) is 6.99. The van der Waals surface area contributed by atoms with Gasteiger partial charge in [0.05, 0.1) is 23.4 Å². The van der Waals surface area contributed by atoms with Crippen LogP contribution in [0.25, 0.3) is 0 Å². The van der Waals surface area contributed by atoms with Crippen molar-refractivity contribution >= 4 is 40.9 Å². The Morgan fingerprint density at radius 3 is 2.60 bits per heavy atom. The maximum absolute atomic E-state index is 12.5. The average molecular weight is 451 g/mol. The number of aryl methyl sites for hydroxylation is 1. The Morgan fingerprint density at radius 1 is 1.23 bits per heavy atom. The number of nitrogens with one attached hydrogen (secondary N) is 1. The molecule has 1 aromatic heterocycles. The van der Waals surface area contributed by atoms with Gasteiger partial charge in [-0.2, -0.15) is 0 Å². The molecule has 9 heteroatoms. The highest BCUT2D eigenvalue weighted by Gasteiger charge is 2.23. The summed E-state index contributed by atoms with van der Waals surface area (Å²) >= 11 is 3.06. The van der Waals surface area contributed by atoms with Crippen molar-refractivity contribution in [3.8, 4) is 0 Å². The summed E-state index contributed by atoms with van der Waals surface area (Å²) in [7, 11) is 1.27. The van der Waals surface area contributed by atoms with E-state index in [0.717, 1.165) is 15.6 Å².